The first-order valence-electron chi connectivity index (χ1n) is 8.56. The summed E-state index contributed by atoms with van der Waals surface area (Å²) in [5.41, 5.74) is 6.21. The number of ether oxygens (including phenoxy) is 1. The van der Waals surface area contributed by atoms with E-state index in [9.17, 15) is 0 Å². The van der Waals surface area contributed by atoms with Crippen molar-refractivity contribution in [1.82, 2.24) is 19.7 Å². The first-order chi connectivity index (χ1) is 13.6. The van der Waals surface area contributed by atoms with Crippen LogP contribution in [0.3, 0.4) is 0 Å². The molecule has 0 saturated heterocycles. The summed E-state index contributed by atoms with van der Waals surface area (Å²) in [6, 6.07) is 11.8. The lowest BCUT2D eigenvalue weighted by Crippen LogP contribution is -2.01. The molecule has 4 rings (SSSR count). The summed E-state index contributed by atoms with van der Waals surface area (Å²) in [4.78, 5) is 4.56. The number of hydrazone groups is 1. The first kappa shape index (κ1) is 18.8. The number of rotatable bonds is 5. The maximum absolute atomic E-state index is 5.62. The smallest absolute Gasteiger partial charge is 0.265 e. The number of aromatic nitrogens is 4. The van der Waals surface area contributed by atoms with Gasteiger partial charge in [-0.25, -0.2) is 5.43 Å². The van der Waals surface area contributed by atoms with Gasteiger partial charge in [0.1, 0.15) is 11.3 Å². The molecule has 0 amide bonds. The van der Waals surface area contributed by atoms with Crippen LogP contribution in [0.4, 0.5) is 5.95 Å². The van der Waals surface area contributed by atoms with Crippen molar-refractivity contribution in [2.75, 3.05) is 12.0 Å². The van der Waals surface area contributed by atoms with Crippen LogP contribution in [-0.4, -0.2) is 32.6 Å². The minimum atomic E-state index is 0.321. The molecule has 1 N–H and O–H groups in total. The molecular formula is C19H16Br2N6O. The average Bonchev–Trinajstić information content (AvgIpc) is 2.95. The molecule has 4 aromatic rings. The van der Waals surface area contributed by atoms with Crippen molar-refractivity contribution in [3.8, 4) is 5.75 Å². The molecule has 0 fully saturated rings. The van der Waals surface area contributed by atoms with E-state index in [0.29, 0.717) is 12.6 Å². The molecule has 0 aliphatic carbocycles. The molecular weight excluding hydrogens is 488 g/mol. The van der Waals surface area contributed by atoms with Gasteiger partial charge in [-0.1, -0.05) is 31.9 Å². The zero-order chi connectivity index (χ0) is 19.7. The predicted molar refractivity (Wildman–Crippen MR) is 118 cm³/mol. The van der Waals surface area contributed by atoms with E-state index in [0.717, 1.165) is 42.3 Å². The van der Waals surface area contributed by atoms with Crippen LogP contribution in [0.15, 0.2) is 50.4 Å². The Kier molecular flexibility index (Phi) is 5.27. The molecule has 0 unspecified atom stereocenters. The van der Waals surface area contributed by atoms with Gasteiger partial charge in [0, 0.05) is 26.9 Å². The second-order valence-electron chi connectivity index (χ2n) is 6.01. The largest absolute Gasteiger partial charge is 0.493 e. The van der Waals surface area contributed by atoms with Crippen LogP contribution >= 0.6 is 31.9 Å². The monoisotopic (exact) mass is 502 g/mol. The van der Waals surface area contributed by atoms with E-state index in [1.807, 2.05) is 54.9 Å². The molecule has 9 heteroatoms. The van der Waals surface area contributed by atoms with Gasteiger partial charge in [-0.2, -0.15) is 10.1 Å². The molecule has 0 radical (unpaired) electrons. The first-order valence-corrected chi connectivity index (χ1v) is 10.1. The summed E-state index contributed by atoms with van der Waals surface area (Å²) < 4.78 is 9.54. The van der Waals surface area contributed by atoms with Gasteiger partial charge in [0.2, 0.25) is 0 Å². The molecule has 7 nitrogen and oxygen atoms in total. The van der Waals surface area contributed by atoms with E-state index in [1.54, 1.807) is 6.21 Å². The third-order valence-corrected chi connectivity index (χ3v) is 5.19. The normalized spacial score (nSPS) is 11.6. The SMILES string of the molecule is CCOc1ccc(Br)cc1/C=N/Nc1nnc2c3cc(Br)ccc3n(C)c2n1. The number of hydrogen-bond acceptors (Lipinski definition) is 6. The second kappa shape index (κ2) is 7.84. The van der Waals surface area contributed by atoms with Crippen LogP contribution in [0.5, 0.6) is 5.75 Å². The number of halogens is 2. The van der Waals surface area contributed by atoms with Gasteiger partial charge in [-0.15, -0.1) is 10.2 Å². The van der Waals surface area contributed by atoms with Gasteiger partial charge in [0.05, 0.1) is 18.3 Å². The van der Waals surface area contributed by atoms with Crippen LogP contribution in [0.25, 0.3) is 22.1 Å². The number of aryl methyl sites for hydroxylation is 1. The lowest BCUT2D eigenvalue weighted by Gasteiger charge is -2.07. The van der Waals surface area contributed by atoms with Crippen molar-refractivity contribution in [2.45, 2.75) is 6.92 Å². The van der Waals surface area contributed by atoms with Crippen molar-refractivity contribution in [2.24, 2.45) is 12.1 Å². The molecule has 2 aromatic heterocycles. The van der Waals surface area contributed by atoms with Crippen LogP contribution in [-0.2, 0) is 7.05 Å². The van der Waals surface area contributed by atoms with Gasteiger partial charge in [-0.05, 0) is 43.3 Å². The summed E-state index contributed by atoms with van der Waals surface area (Å²) in [6.07, 6.45) is 1.67. The molecule has 0 atom stereocenters. The highest BCUT2D eigenvalue weighted by Gasteiger charge is 2.12. The Hall–Kier alpha value is -2.52. The standard InChI is InChI=1S/C19H16Br2N6O/c1-3-28-16-7-5-12(20)8-11(16)10-22-25-19-23-18-17(24-26-19)14-9-13(21)4-6-15(14)27(18)2/h4-10H,3H2,1-2H3,(H,23,25,26)/b22-10+. The van der Waals surface area contributed by atoms with E-state index in [4.69, 9.17) is 4.74 Å². The third-order valence-electron chi connectivity index (χ3n) is 4.20. The Morgan fingerprint density at radius 3 is 2.75 bits per heavy atom. The van der Waals surface area contributed by atoms with Gasteiger partial charge in [-0.3, -0.25) is 0 Å². The van der Waals surface area contributed by atoms with Gasteiger partial charge >= 0.3 is 0 Å². The maximum Gasteiger partial charge on any atom is 0.265 e. The van der Waals surface area contributed by atoms with Crippen molar-refractivity contribution in [3.05, 3.63) is 50.9 Å². The molecule has 142 valence electrons. The number of hydrogen-bond donors (Lipinski definition) is 1. The fraction of sp³-hybridized carbons (Fsp3) is 0.158. The Bertz CT molecular complexity index is 1200. The maximum atomic E-state index is 5.62. The van der Waals surface area contributed by atoms with Gasteiger partial charge in [0.25, 0.3) is 5.95 Å². The second-order valence-corrected chi connectivity index (χ2v) is 7.84. The fourth-order valence-corrected chi connectivity index (χ4v) is 3.68. The molecule has 2 heterocycles. The number of benzene rings is 2. The van der Waals surface area contributed by atoms with Crippen molar-refractivity contribution in [1.29, 1.82) is 0 Å². The van der Waals surface area contributed by atoms with Crippen molar-refractivity contribution in [3.63, 3.8) is 0 Å². The van der Waals surface area contributed by atoms with E-state index < -0.39 is 0 Å². The Morgan fingerprint density at radius 2 is 1.93 bits per heavy atom. The summed E-state index contributed by atoms with van der Waals surface area (Å²) in [6.45, 7) is 2.52. The van der Waals surface area contributed by atoms with Crippen molar-refractivity contribution >= 4 is 66.1 Å². The topological polar surface area (TPSA) is 77.2 Å². The molecule has 0 aliphatic heterocycles. The number of fused-ring (bicyclic) bond motifs is 3. The highest BCUT2D eigenvalue weighted by atomic mass is 79.9. The van der Waals surface area contributed by atoms with Gasteiger partial charge in [0.15, 0.2) is 5.65 Å². The molecule has 0 aliphatic rings. The minimum absolute atomic E-state index is 0.321. The summed E-state index contributed by atoms with van der Waals surface area (Å²) in [5, 5.41) is 13.7. The van der Waals surface area contributed by atoms with E-state index >= 15 is 0 Å². The van der Waals surface area contributed by atoms with Crippen LogP contribution in [0.2, 0.25) is 0 Å². The van der Waals surface area contributed by atoms with Gasteiger partial charge < -0.3 is 9.30 Å². The lowest BCUT2D eigenvalue weighted by atomic mass is 10.2. The molecule has 0 saturated carbocycles. The molecule has 28 heavy (non-hydrogen) atoms. The fourth-order valence-electron chi connectivity index (χ4n) is 2.94. The average molecular weight is 504 g/mol. The summed E-state index contributed by atoms with van der Waals surface area (Å²) >= 11 is 6.96. The van der Waals surface area contributed by atoms with Crippen LogP contribution in [0.1, 0.15) is 12.5 Å². The molecule has 2 aromatic carbocycles. The Balaban J connectivity index is 1.64. The highest BCUT2D eigenvalue weighted by molar-refractivity contribution is 9.10. The zero-order valence-corrected chi connectivity index (χ0v) is 18.3. The highest BCUT2D eigenvalue weighted by Crippen LogP contribution is 2.28. The van der Waals surface area contributed by atoms with E-state index in [-0.39, 0.29) is 0 Å². The summed E-state index contributed by atoms with van der Waals surface area (Å²) in [7, 11) is 1.95. The predicted octanol–water partition coefficient (Wildman–Crippen LogP) is 4.89. The molecule has 0 spiro atoms. The van der Waals surface area contributed by atoms with Crippen molar-refractivity contribution < 1.29 is 4.74 Å². The number of nitrogens with one attached hydrogen (secondary N) is 1. The van der Waals surface area contributed by atoms with Crippen LogP contribution in [0, 0.1) is 0 Å². The van der Waals surface area contributed by atoms with E-state index in [2.05, 4.69) is 57.6 Å². The summed E-state index contributed by atoms with van der Waals surface area (Å²) in [5.74, 6) is 1.08. The lowest BCUT2D eigenvalue weighted by molar-refractivity contribution is 0.339. The third kappa shape index (κ3) is 3.59. The van der Waals surface area contributed by atoms with Crippen LogP contribution < -0.4 is 10.2 Å². The number of anilines is 1. The zero-order valence-electron chi connectivity index (χ0n) is 15.1. The Labute approximate surface area is 178 Å². The minimum Gasteiger partial charge on any atom is -0.493 e. The quantitative estimate of drug-likeness (QED) is 0.310. The van der Waals surface area contributed by atoms with E-state index in [1.165, 1.54) is 0 Å². The molecule has 0 bridgehead atoms. The number of nitrogens with zero attached hydrogens (tertiary/aromatic N) is 5. The Morgan fingerprint density at radius 1 is 1.14 bits per heavy atom.